The van der Waals surface area contributed by atoms with Crippen LogP contribution in [0.2, 0.25) is 0 Å². The van der Waals surface area contributed by atoms with Crippen molar-refractivity contribution in [2.75, 3.05) is 13.2 Å². The van der Waals surface area contributed by atoms with Crippen LogP contribution in [-0.4, -0.2) is 25.2 Å². The van der Waals surface area contributed by atoms with E-state index in [0.29, 0.717) is 6.54 Å². The highest BCUT2D eigenvalue weighted by molar-refractivity contribution is 5.86. The van der Waals surface area contributed by atoms with Gasteiger partial charge in [-0.3, -0.25) is 10.1 Å². The molecule has 1 aromatic rings. The van der Waals surface area contributed by atoms with Gasteiger partial charge >= 0.3 is 0 Å². The Hall–Kier alpha value is -1.39. The minimum Gasteiger partial charge on any atom is -0.377 e. The average Bonchev–Trinajstić information content (AvgIpc) is 2.93. The fraction of sp³-hybridized carbons (Fsp3) is 0.588. The average molecular weight is 288 g/mol. The maximum Gasteiger partial charge on any atom is 0.242 e. The van der Waals surface area contributed by atoms with Crippen LogP contribution in [0.3, 0.4) is 0 Å². The van der Waals surface area contributed by atoms with Crippen LogP contribution in [-0.2, 0) is 21.5 Å². The topological polar surface area (TPSA) is 64.4 Å². The van der Waals surface area contributed by atoms with Gasteiger partial charge in [-0.1, -0.05) is 30.7 Å². The third kappa shape index (κ3) is 2.83. The number of nitrogens with one attached hydrogen (secondary N) is 1. The minimum atomic E-state index is -0.737. The molecular formula is C17H24N2O2. The number of primary amides is 1. The van der Waals surface area contributed by atoms with Gasteiger partial charge in [0.05, 0.1) is 6.10 Å². The fourth-order valence-corrected chi connectivity index (χ4v) is 3.61. The summed E-state index contributed by atoms with van der Waals surface area (Å²) in [5, 5.41) is 3.47. The van der Waals surface area contributed by atoms with Crippen molar-refractivity contribution < 1.29 is 9.53 Å². The molecule has 1 saturated heterocycles. The molecule has 1 aliphatic heterocycles. The lowest BCUT2D eigenvalue weighted by Crippen LogP contribution is -2.54. The highest BCUT2D eigenvalue weighted by Gasteiger charge is 2.41. The zero-order valence-corrected chi connectivity index (χ0v) is 12.4. The summed E-state index contributed by atoms with van der Waals surface area (Å²) in [5.74, 6) is -0.269. The first-order chi connectivity index (χ1) is 10.2. The molecule has 1 aromatic carbocycles. The monoisotopic (exact) mass is 288 g/mol. The second-order valence-corrected chi connectivity index (χ2v) is 6.15. The Morgan fingerprint density at radius 2 is 2.19 bits per heavy atom. The second kappa shape index (κ2) is 6.16. The predicted molar refractivity (Wildman–Crippen MR) is 81.8 cm³/mol. The maximum absolute atomic E-state index is 12.3. The first-order valence-corrected chi connectivity index (χ1v) is 7.97. The summed E-state index contributed by atoms with van der Waals surface area (Å²) >= 11 is 0. The number of aryl methyl sites for hydroxylation is 1. The van der Waals surface area contributed by atoms with Crippen molar-refractivity contribution in [3.8, 4) is 0 Å². The molecule has 0 aromatic heterocycles. The van der Waals surface area contributed by atoms with Gasteiger partial charge in [0.2, 0.25) is 5.91 Å². The van der Waals surface area contributed by atoms with Crippen molar-refractivity contribution in [2.24, 2.45) is 5.73 Å². The van der Waals surface area contributed by atoms with Gasteiger partial charge in [0, 0.05) is 13.2 Å². The van der Waals surface area contributed by atoms with Crippen LogP contribution in [0.4, 0.5) is 0 Å². The third-order valence-corrected chi connectivity index (χ3v) is 4.80. The van der Waals surface area contributed by atoms with Crippen LogP contribution in [0.1, 0.15) is 43.2 Å². The molecule has 2 atom stereocenters. The number of benzene rings is 1. The summed E-state index contributed by atoms with van der Waals surface area (Å²) in [5.41, 5.74) is 7.40. The Morgan fingerprint density at radius 3 is 2.95 bits per heavy atom. The van der Waals surface area contributed by atoms with Gasteiger partial charge in [-0.15, -0.1) is 0 Å². The molecule has 2 aliphatic rings. The number of ether oxygens (including phenoxy) is 1. The summed E-state index contributed by atoms with van der Waals surface area (Å²) in [4.78, 5) is 12.3. The standard InChI is InChI=1S/C17H24N2O2/c18-16(20)17(19-12-14-8-5-11-21-14)10-4-3-7-13-6-1-2-9-15(13)17/h1-2,6,9,14,19H,3-5,7-8,10-12H2,(H2,18,20). The van der Waals surface area contributed by atoms with Crippen LogP contribution in [0, 0.1) is 0 Å². The SMILES string of the molecule is NC(=O)C1(NCC2CCCO2)CCCCc2ccccc21. The molecule has 21 heavy (non-hydrogen) atoms. The lowest BCUT2D eigenvalue weighted by molar-refractivity contribution is -0.125. The molecule has 0 bridgehead atoms. The van der Waals surface area contributed by atoms with E-state index in [2.05, 4.69) is 11.4 Å². The van der Waals surface area contributed by atoms with Gasteiger partial charge in [0.1, 0.15) is 5.54 Å². The first kappa shape index (κ1) is 14.5. The lowest BCUT2D eigenvalue weighted by atomic mass is 9.83. The van der Waals surface area contributed by atoms with E-state index in [1.54, 1.807) is 0 Å². The summed E-state index contributed by atoms with van der Waals surface area (Å²) < 4.78 is 5.67. The lowest BCUT2D eigenvalue weighted by Gasteiger charge is -2.33. The normalized spacial score (nSPS) is 28.9. The highest BCUT2D eigenvalue weighted by Crippen LogP contribution is 2.34. The number of hydrogen-bond acceptors (Lipinski definition) is 3. The molecule has 3 rings (SSSR count). The molecule has 0 saturated carbocycles. The fourth-order valence-electron chi connectivity index (χ4n) is 3.61. The van der Waals surface area contributed by atoms with E-state index in [4.69, 9.17) is 10.5 Å². The van der Waals surface area contributed by atoms with Crippen LogP contribution >= 0.6 is 0 Å². The maximum atomic E-state index is 12.3. The molecule has 1 amide bonds. The number of fused-ring (bicyclic) bond motifs is 1. The smallest absolute Gasteiger partial charge is 0.242 e. The van der Waals surface area contributed by atoms with Crippen LogP contribution in [0.5, 0.6) is 0 Å². The summed E-state index contributed by atoms with van der Waals surface area (Å²) in [6.45, 7) is 1.52. The van der Waals surface area contributed by atoms with Gasteiger partial charge in [-0.25, -0.2) is 0 Å². The quantitative estimate of drug-likeness (QED) is 0.831. The van der Waals surface area contributed by atoms with E-state index in [9.17, 15) is 4.79 Å². The van der Waals surface area contributed by atoms with Crippen LogP contribution in [0.15, 0.2) is 24.3 Å². The van der Waals surface area contributed by atoms with E-state index < -0.39 is 5.54 Å². The van der Waals surface area contributed by atoms with Crippen molar-refractivity contribution >= 4 is 5.91 Å². The summed E-state index contributed by atoms with van der Waals surface area (Å²) in [6, 6.07) is 8.20. The van der Waals surface area contributed by atoms with E-state index >= 15 is 0 Å². The van der Waals surface area contributed by atoms with E-state index in [-0.39, 0.29) is 12.0 Å². The summed E-state index contributed by atoms with van der Waals surface area (Å²) in [6.07, 6.45) is 6.27. The number of carbonyl (C=O) groups is 1. The molecule has 0 spiro atoms. The molecule has 1 fully saturated rings. The predicted octanol–water partition coefficient (Wildman–Crippen LogP) is 1.86. The molecule has 1 aliphatic carbocycles. The highest BCUT2D eigenvalue weighted by atomic mass is 16.5. The molecule has 2 unspecified atom stereocenters. The van der Waals surface area contributed by atoms with Crippen molar-refractivity contribution in [3.05, 3.63) is 35.4 Å². The van der Waals surface area contributed by atoms with Gasteiger partial charge in [-0.05, 0) is 43.2 Å². The number of amides is 1. The van der Waals surface area contributed by atoms with E-state index in [0.717, 1.165) is 50.7 Å². The van der Waals surface area contributed by atoms with Gasteiger partial charge in [0.25, 0.3) is 0 Å². The molecule has 114 valence electrons. The molecule has 3 N–H and O–H groups in total. The number of hydrogen-bond donors (Lipinski definition) is 2. The number of rotatable bonds is 4. The number of nitrogens with two attached hydrogens (primary N) is 1. The van der Waals surface area contributed by atoms with Crippen molar-refractivity contribution in [3.63, 3.8) is 0 Å². The Balaban J connectivity index is 1.89. The Labute approximate surface area is 126 Å². The Morgan fingerprint density at radius 1 is 1.33 bits per heavy atom. The molecule has 0 radical (unpaired) electrons. The van der Waals surface area contributed by atoms with Crippen molar-refractivity contribution in [2.45, 2.75) is 50.2 Å². The van der Waals surface area contributed by atoms with Crippen molar-refractivity contribution in [1.82, 2.24) is 5.32 Å². The molecule has 1 heterocycles. The Kier molecular flexibility index (Phi) is 4.27. The van der Waals surface area contributed by atoms with Gasteiger partial charge in [-0.2, -0.15) is 0 Å². The number of carbonyl (C=O) groups excluding carboxylic acids is 1. The third-order valence-electron chi connectivity index (χ3n) is 4.80. The Bertz CT molecular complexity index is 511. The van der Waals surface area contributed by atoms with Crippen molar-refractivity contribution in [1.29, 1.82) is 0 Å². The zero-order valence-electron chi connectivity index (χ0n) is 12.4. The molecule has 4 heteroatoms. The molecule has 4 nitrogen and oxygen atoms in total. The van der Waals surface area contributed by atoms with E-state index in [1.165, 1.54) is 5.56 Å². The van der Waals surface area contributed by atoms with Crippen LogP contribution in [0.25, 0.3) is 0 Å². The van der Waals surface area contributed by atoms with Gasteiger partial charge < -0.3 is 10.5 Å². The molecular weight excluding hydrogens is 264 g/mol. The second-order valence-electron chi connectivity index (χ2n) is 6.15. The zero-order chi connectivity index (χ0) is 14.7. The van der Waals surface area contributed by atoms with E-state index in [1.807, 2.05) is 18.2 Å². The minimum absolute atomic E-state index is 0.205. The van der Waals surface area contributed by atoms with Crippen LogP contribution < -0.4 is 11.1 Å². The largest absolute Gasteiger partial charge is 0.377 e. The van der Waals surface area contributed by atoms with Gasteiger partial charge in [0.15, 0.2) is 0 Å². The summed E-state index contributed by atoms with van der Waals surface area (Å²) in [7, 11) is 0. The first-order valence-electron chi connectivity index (χ1n) is 7.97.